The van der Waals surface area contributed by atoms with E-state index < -0.39 is 29.6 Å². The third kappa shape index (κ3) is 5.17. The first kappa shape index (κ1) is 24.0. The average molecular weight is 485 g/mol. The molecule has 0 radical (unpaired) electrons. The van der Waals surface area contributed by atoms with Crippen molar-refractivity contribution in [3.8, 4) is 17.2 Å². The van der Waals surface area contributed by atoms with Gasteiger partial charge in [0.15, 0.2) is 5.58 Å². The molecule has 2 N–H and O–H groups in total. The van der Waals surface area contributed by atoms with Gasteiger partial charge in [0, 0.05) is 31.8 Å². The normalized spacial score (nSPS) is 19.4. The van der Waals surface area contributed by atoms with E-state index in [1.165, 1.54) is 10.6 Å². The monoisotopic (exact) mass is 484 g/mol. The van der Waals surface area contributed by atoms with Crippen LogP contribution in [-0.2, 0) is 23.0 Å². The largest absolute Gasteiger partial charge is 0.419 e. The summed E-state index contributed by atoms with van der Waals surface area (Å²) in [7, 11) is 1.61. The number of nitrogens with zero attached hydrogens (tertiary/aromatic N) is 2. The van der Waals surface area contributed by atoms with Crippen molar-refractivity contribution in [3.63, 3.8) is 0 Å². The zero-order valence-electron chi connectivity index (χ0n) is 18.8. The first-order valence-corrected chi connectivity index (χ1v) is 12.1. The van der Waals surface area contributed by atoms with Crippen LogP contribution in [0.2, 0.25) is 0 Å². The Morgan fingerprint density at radius 3 is 2.82 bits per heavy atom. The van der Waals surface area contributed by atoms with Crippen molar-refractivity contribution in [2.24, 2.45) is 7.05 Å². The fourth-order valence-electron chi connectivity index (χ4n) is 3.85. The van der Waals surface area contributed by atoms with E-state index in [9.17, 15) is 19.2 Å². The number of rotatable bonds is 6. The second-order valence-electron chi connectivity index (χ2n) is 8.15. The summed E-state index contributed by atoms with van der Waals surface area (Å²) < 4.78 is 27.1. The number of hydrogen-bond acceptors (Lipinski definition) is 7. The minimum Gasteiger partial charge on any atom is -0.408 e. The van der Waals surface area contributed by atoms with Crippen molar-refractivity contribution in [1.82, 2.24) is 15.2 Å². The van der Waals surface area contributed by atoms with Crippen molar-refractivity contribution in [1.29, 1.82) is 5.26 Å². The molecule has 4 rings (SSSR count). The average Bonchev–Trinajstić information content (AvgIpc) is 3.00. The summed E-state index contributed by atoms with van der Waals surface area (Å²) in [6, 6.07) is 11.1. The molecule has 34 heavy (non-hydrogen) atoms. The molecule has 3 atom stereocenters. The number of carbonyl (C=O) groups excluding carboxylic acids is 1. The number of benzene rings is 2. The fraction of sp³-hybridized carbons (Fsp3) is 0.375. The zero-order valence-corrected chi connectivity index (χ0v) is 19.7. The maximum absolute atomic E-state index is 14.9. The van der Waals surface area contributed by atoms with Gasteiger partial charge in [0.05, 0.1) is 18.2 Å². The number of amides is 1. The summed E-state index contributed by atoms with van der Waals surface area (Å²) in [6.45, 7) is 1.54. The van der Waals surface area contributed by atoms with Crippen molar-refractivity contribution in [3.05, 3.63) is 58.3 Å². The molecule has 1 aromatic heterocycles. The molecule has 3 aromatic rings. The van der Waals surface area contributed by atoms with Crippen LogP contribution in [0, 0.1) is 17.1 Å². The smallest absolute Gasteiger partial charge is 0.408 e. The molecule has 1 fully saturated rings. The molecule has 10 heteroatoms. The highest BCUT2D eigenvalue weighted by atomic mass is 32.2. The summed E-state index contributed by atoms with van der Waals surface area (Å²) in [5, 5.41) is 15.7. The van der Waals surface area contributed by atoms with E-state index in [2.05, 4.69) is 10.6 Å². The van der Waals surface area contributed by atoms with Gasteiger partial charge in [-0.15, -0.1) is 0 Å². The number of aromatic nitrogens is 1. The first-order chi connectivity index (χ1) is 16.4. The minimum absolute atomic E-state index is 0.0250. The Hall–Kier alpha value is -3.13. The van der Waals surface area contributed by atoms with Gasteiger partial charge in [0.25, 0.3) is 5.91 Å². The van der Waals surface area contributed by atoms with Crippen LogP contribution in [0.4, 0.5) is 4.39 Å². The van der Waals surface area contributed by atoms with Crippen molar-refractivity contribution >= 4 is 28.8 Å². The molecule has 0 spiro atoms. The topological polar surface area (TPSA) is 109 Å². The maximum Gasteiger partial charge on any atom is 0.419 e. The number of halogens is 1. The highest BCUT2D eigenvalue weighted by Crippen LogP contribution is 2.26. The second kappa shape index (κ2) is 10.4. The highest BCUT2D eigenvalue weighted by molar-refractivity contribution is 7.99. The van der Waals surface area contributed by atoms with Crippen molar-refractivity contribution in [2.75, 3.05) is 26.0 Å². The Labute approximate surface area is 200 Å². The molecule has 8 nitrogen and oxygen atoms in total. The van der Waals surface area contributed by atoms with Crippen molar-refractivity contribution < 1.29 is 18.3 Å². The lowest BCUT2D eigenvalue weighted by molar-refractivity contribution is -0.132. The van der Waals surface area contributed by atoms with Gasteiger partial charge >= 0.3 is 5.76 Å². The first-order valence-electron chi connectivity index (χ1n) is 10.8. The van der Waals surface area contributed by atoms with Crippen LogP contribution in [0.3, 0.4) is 0 Å². The molecule has 2 heterocycles. The number of aryl methyl sites for hydroxylation is 1. The van der Waals surface area contributed by atoms with Gasteiger partial charge in [-0.2, -0.15) is 17.0 Å². The fourth-order valence-corrected chi connectivity index (χ4v) is 4.35. The number of ether oxygens (including phenoxy) is 1. The van der Waals surface area contributed by atoms with Crippen LogP contribution in [0.1, 0.15) is 5.56 Å². The van der Waals surface area contributed by atoms with Gasteiger partial charge in [-0.3, -0.25) is 9.36 Å². The number of thioether (sulfide) groups is 1. The van der Waals surface area contributed by atoms with Crippen LogP contribution in [0.25, 0.3) is 22.2 Å². The summed E-state index contributed by atoms with van der Waals surface area (Å²) in [6.07, 6.45) is 1.31. The van der Waals surface area contributed by atoms with E-state index in [-0.39, 0.29) is 11.7 Å². The van der Waals surface area contributed by atoms with E-state index in [1.807, 2.05) is 12.3 Å². The molecule has 0 unspecified atom stereocenters. The lowest BCUT2D eigenvalue weighted by Gasteiger charge is -2.18. The zero-order chi connectivity index (χ0) is 24.2. The number of oxazole rings is 1. The van der Waals surface area contributed by atoms with Gasteiger partial charge in [-0.1, -0.05) is 18.2 Å². The van der Waals surface area contributed by atoms with E-state index in [0.717, 1.165) is 12.1 Å². The standard InChI is InChI=1S/C24H25FN4O4S/c1-29-20-9-15(5-6-21(20)33-24(29)31)14-3-4-16(19(25)8-14)7-17(10-26)28-23(30)22-12-27-11-18(34-2)13-32-22/h3-6,8-9,17-18,22,27H,7,11-13H2,1-2H3,(H,28,30)/t17-,18+,22-/m0/s1. The summed E-state index contributed by atoms with van der Waals surface area (Å²) in [5.74, 6) is -1.34. The molecule has 1 aliphatic heterocycles. The molecular formula is C24H25FN4O4S. The summed E-state index contributed by atoms with van der Waals surface area (Å²) in [5.41, 5.74) is 2.72. The van der Waals surface area contributed by atoms with Gasteiger partial charge in [0.1, 0.15) is 18.0 Å². The number of nitrogens with one attached hydrogen (secondary N) is 2. The van der Waals surface area contributed by atoms with Crippen molar-refractivity contribution in [2.45, 2.75) is 23.8 Å². The van der Waals surface area contributed by atoms with E-state index in [0.29, 0.717) is 35.4 Å². The lowest BCUT2D eigenvalue weighted by Crippen LogP contribution is -2.46. The molecule has 1 amide bonds. The number of hydrogen-bond donors (Lipinski definition) is 2. The van der Waals surface area contributed by atoms with E-state index in [1.54, 1.807) is 49.1 Å². The minimum atomic E-state index is -0.896. The van der Waals surface area contributed by atoms with Gasteiger partial charge in [-0.05, 0) is 41.1 Å². The molecular weight excluding hydrogens is 459 g/mol. The van der Waals surface area contributed by atoms with Crippen LogP contribution >= 0.6 is 11.8 Å². The quantitative estimate of drug-likeness (QED) is 0.552. The summed E-state index contributed by atoms with van der Waals surface area (Å²) >= 11 is 1.66. The number of nitriles is 1. The molecule has 0 aliphatic carbocycles. The molecule has 178 valence electrons. The van der Waals surface area contributed by atoms with Gasteiger partial charge in [0.2, 0.25) is 0 Å². The van der Waals surface area contributed by atoms with Crippen LogP contribution < -0.4 is 16.4 Å². The Morgan fingerprint density at radius 1 is 1.32 bits per heavy atom. The van der Waals surface area contributed by atoms with Crippen LogP contribution in [-0.4, -0.2) is 53.8 Å². The Balaban J connectivity index is 1.45. The summed E-state index contributed by atoms with van der Waals surface area (Å²) in [4.78, 5) is 24.3. The third-order valence-electron chi connectivity index (χ3n) is 5.88. The molecule has 1 saturated heterocycles. The van der Waals surface area contributed by atoms with E-state index >= 15 is 0 Å². The highest BCUT2D eigenvalue weighted by Gasteiger charge is 2.26. The SMILES string of the molecule is CS[C@@H]1CNC[C@@H](C(=O)N[C@H](C#N)Cc2ccc(-c3ccc4oc(=O)n(C)c4c3)cc2F)OC1. The second-order valence-corrected chi connectivity index (χ2v) is 9.29. The Bertz CT molecular complexity index is 1300. The van der Waals surface area contributed by atoms with Crippen LogP contribution in [0.15, 0.2) is 45.6 Å². The third-order valence-corrected chi connectivity index (χ3v) is 6.85. The van der Waals surface area contributed by atoms with Crippen LogP contribution in [0.5, 0.6) is 0 Å². The molecule has 2 aromatic carbocycles. The predicted molar refractivity (Wildman–Crippen MR) is 128 cm³/mol. The Kier molecular flexibility index (Phi) is 7.36. The molecule has 0 saturated carbocycles. The number of fused-ring (bicyclic) bond motifs is 1. The lowest BCUT2D eigenvalue weighted by atomic mass is 10.00. The van der Waals surface area contributed by atoms with Gasteiger partial charge < -0.3 is 19.8 Å². The predicted octanol–water partition coefficient (Wildman–Crippen LogP) is 2.21. The molecule has 1 aliphatic rings. The Morgan fingerprint density at radius 2 is 2.09 bits per heavy atom. The molecule has 0 bridgehead atoms. The van der Waals surface area contributed by atoms with Gasteiger partial charge in [-0.25, -0.2) is 9.18 Å². The van der Waals surface area contributed by atoms with E-state index in [4.69, 9.17) is 9.15 Å². The number of carbonyl (C=O) groups is 1. The maximum atomic E-state index is 14.9.